The Balaban J connectivity index is 0.851. The highest BCUT2D eigenvalue weighted by molar-refractivity contribution is 7.90. The fraction of sp³-hybridized carbons (Fsp3) is 0.519. The molecule has 6 heterocycles. The number of H-pyrrole nitrogens is 1. The van der Waals surface area contributed by atoms with E-state index in [9.17, 15) is 28.4 Å². The summed E-state index contributed by atoms with van der Waals surface area (Å²) in [6, 6.07) is 18.0. The molecule has 2 aromatic heterocycles. The van der Waals surface area contributed by atoms with Crippen LogP contribution in [0.3, 0.4) is 0 Å². The number of nitrogens with one attached hydrogen (secondary N) is 3. The smallest absolute Gasteiger partial charge is 0.297 e. The summed E-state index contributed by atoms with van der Waals surface area (Å²) in [5.41, 5.74) is 2.66. The van der Waals surface area contributed by atoms with Gasteiger partial charge in [-0.1, -0.05) is 38.1 Å². The Bertz CT molecular complexity index is 3020. The standard InChI is InChI=1S/C54H64FN7O10S/c1-32(2)38-7-4-5-8-39(38)44-9-6-19-61(44)35-27-54(28-35)17-20-60(21-18-54)34-10-11-40(46(23-34)72-48-26-41-42(55)29-56-50(41)58-52(48)71-36-14-22-69-30-36)51(63)59-73(67,68)37-24-45(62(65)66)49-47(25-37)70-31-43(57-49)33-12-15-53(3,64)16-13-33/h4-5,7-8,10-11,23-26,29,32-33,35-36,43-44,57,64H,6,9,12-22,27-28,30-31H2,1-3H3,(H,56,58)(H,59,63)/t33?,36-,43-,44-,53?/m1/s1. The first kappa shape index (κ1) is 49.2. The molecule has 19 heteroatoms. The number of nitrogens with zero attached hydrogens (tertiary/aromatic N) is 4. The van der Waals surface area contributed by atoms with Gasteiger partial charge >= 0.3 is 0 Å². The molecule has 3 aromatic carbocycles. The number of carbonyl (C=O) groups excluding carboxylic acids is 1. The van der Waals surface area contributed by atoms with Crippen molar-refractivity contribution in [2.24, 2.45) is 11.3 Å². The molecule has 17 nitrogen and oxygen atoms in total. The number of fused-ring (bicyclic) bond motifs is 2. The highest BCUT2D eigenvalue weighted by Gasteiger charge is 2.50. The third kappa shape index (κ3) is 9.80. The summed E-state index contributed by atoms with van der Waals surface area (Å²) in [7, 11) is -4.77. The molecular formula is C54H64FN7O10S. The number of rotatable bonds is 13. The van der Waals surface area contributed by atoms with E-state index in [4.69, 9.17) is 18.9 Å². The maximum Gasteiger partial charge on any atom is 0.297 e. The zero-order valence-electron chi connectivity index (χ0n) is 41.5. The number of aromatic amines is 1. The highest BCUT2D eigenvalue weighted by atomic mass is 32.2. The van der Waals surface area contributed by atoms with Crippen LogP contribution < -0.4 is 29.1 Å². The number of aromatic nitrogens is 2. The third-order valence-electron chi connectivity index (χ3n) is 16.6. The second-order valence-corrected chi connectivity index (χ2v) is 23.5. The van der Waals surface area contributed by atoms with Gasteiger partial charge in [0.2, 0.25) is 0 Å². The minimum Gasteiger partial charge on any atom is -0.489 e. The summed E-state index contributed by atoms with van der Waals surface area (Å²) in [4.78, 5) is 38.0. The van der Waals surface area contributed by atoms with E-state index in [1.165, 1.54) is 48.4 Å². The summed E-state index contributed by atoms with van der Waals surface area (Å²) in [6.07, 6.45) is 10.5. The Morgan fingerprint density at radius 2 is 1.78 bits per heavy atom. The van der Waals surface area contributed by atoms with Crippen molar-refractivity contribution in [3.05, 3.63) is 99.5 Å². The molecule has 0 radical (unpaired) electrons. The summed E-state index contributed by atoms with van der Waals surface area (Å²) in [6.45, 7) is 9.86. The second kappa shape index (κ2) is 19.4. The first-order valence-electron chi connectivity index (χ1n) is 25.9. The summed E-state index contributed by atoms with van der Waals surface area (Å²) < 4.78 is 69.9. The molecule has 2 aliphatic carbocycles. The lowest BCUT2D eigenvalue weighted by Crippen LogP contribution is -2.54. The van der Waals surface area contributed by atoms with Gasteiger partial charge in [-0.2, -0.15) is 4.98 Å². The molecule has 1 amide bonds. The first-order chi connectivity index (χ1) is 35.0. The summed E-state index contributed by atoms with van der Waals surface area (Å²) in [5, 5.41) is 26.3. The van der Waals surface area contributed by atoms with Gasteiger partial charge in [0.25, 0.3) is 27.5 Å². The Kier molecular flexibility index (Phi) is 13.0. The van der Waals surface area contributed by atoms with E-state index >= 15 is 4.39 Å². The van der Waals surface area contributed by atoms with Crippen LogP contribution in [0.5, 0.6) is 23.1 Å². The van der Waals surface area contributed by atoms with Crippen molar-refractivity contribution in [1.82, 2.24) is 19.6 Å². The van der Waals surface area contributed by atoms with E-state index < -0.39 is 42.9 Å². The van der Waals surface area contributed by atoms with E-state index in [0.717, 1.165) is 57.1 Å². The number of ether oxygens (including phenoxy) is 4. The van der Waals surface area contributed by atoms with Gasteiger partial charge in [-0.3, -0.25) is 19.8 Å². The molecule has 11 rings (SSSR count). The number of pyridine rings is 1. The maximum atomic E-state index is 15.1. The van der Waals surface area contributed by atoms with E-state index in [-0.39, 0.29) is 75.5 Å². The number of sulfonamides is 1. The van der Waals surface area contributed by atoms with E-state index in [1.807, 2.05) is 0 Å². The molecule has 5 fully saturated rings. The quantitative estimate of drug-likeness (QED) is 0.0640. The van der Waals surface area contributed by atoms with Crippen molar-refractivity contribution in [3.63, 3.8) is 0 Å². The fourth-order valence-corrected chi connectivity index (χ4v) is 13.4. The zero-order chi connectivity index (χ0) is 50.8. The van der Waals surface area contributed by atoms with Crippen LogP contribution in [-0.4, -0.2) is 102 Å². The van der Waals surface area contributed by atoms with Gasteiger partial charge < -0.3 is 39.3 Å². The SMILES string of the molecule is CC(C)c1ccccc1[C@H]1CCCN1C1CC2(CCN(c3ccc(C(=O)NS(=O)(=O)c4cc5c(c([N+](=O)[O-])c4)N[C@@H](C4CCC(C)(O)CC4)CO5)c(Oc4cc5c(F)c[nH]c5nc4O[C@@H]4CCOC4)c3)CC2)C1. The molecule has 3 saturated heterocycles. The normalized spacial score (nSPS) is 25.3. The Morgan fingerprint density at radius 3 is 2.52 bits per heavy atom. The van der Waals surface area contributed by atoms with E-state index in [1.54, 1.807) is 19.1 Å². The van der Waals surface area contributed by atoms with Crippen LogP contribution in [0, 0.1) is 27.3 Å². The Hall–Kier alpha value is -6.02. The number of nitro benzene ring substituents is 1. The molecule has 5 aromatic rings. The predicted molar refractivity (Wildman–Crippen MR) is 272 cm³/mol. The number of amides is 1. The highest BCUT2D eigenvalue weighted by Crippen LogP contribution is 2.55. The predicted octanol–water partition coefficient (Wildman–Crippen LogP) is 9.51. The molecule has 1 spiro atoms. The lowest BCUT2D eigenvalue weighted by Gasteiger charge is -2.56. The monoisotopic (exact) mass is 1020 g/mol. The number of aliphatic hydroxyl groups is 1. The van der Waals surface area contributed by atoms with Crippen LogP contribution in [0.1, 0.15) is 125 Å². The lowest BCUT2D eigenvalue weighted by atomic mass is 9.59. The van der Waals surface area contributed by atoms with Gasteiger partial charge in [0.15, 0.2) is 17.2 Å². The minimum atomic E-state index is -4.77. The minimum absolute atomic E-state index is 0.00632. The van der Waals surface area contributed by atoms with Crippen LogP contribution in [-0.2, 0) is 14.8 Å². The van der Waals surface area contributed by atoms with Crippen molar-refractivity contribution in [2.75, 3.05) is 49.7 Å². The van der Waals surface area contributed by atoms with Crippen molar-refractivity contribution in [3.8, 4) is 23.1 Å². The number of nitro groups is 1. The third-order valence-corrected chi connectivity index (χ3v) is 17.9. The molecule has 2 saturated carbocycles. The molecule has 0 unspecified atom stereocenters. The number of piperidine rings is 1. The topological polar surface area (TPSA) is 211 Å². The molecule has 4 N–H and O–H groups in total. The summed E-state index contributed by atoms with van der Waals surface area (Å²) >= 11 is 0. The van der Waals surface area contributed by atoms with Crippen LogP contribution in [0.15, 0.2) is 71.8 Å². The molecule has 3 atom stereocenters. The number of hydrogen-bond acceptors (Lipinski definition) is 14. The maximum absolute atomic E-state index is 15.1. The summed E-state index contributed by atoms with van der Waals surface area (Å²) in [5.74, 6) is -1.18. The zero-order valence-corrected chi connectivity index (χ0v) is 42.3. The molecular weight excluding hydrogens is 958 g/mol. The van der Waals surface area contributed by atoms with Crippen LogP contribution in [0.2, 0.25) is 0 Å². The Morgan fingerprint density at radius 1 is 1.00 bits per heavy atom. The van der Waals surface area contributed by atoms with Crippen molar-refractivity contribution < 1.29 is 46.6 Å². The first-order valence-corrected chi connectivity index (χ1v) is 27.4. The van der Waals surface area contributed by atoms with Crippen molar-refractivity contribution in [1.29, 1.82) is 0 Å². The fourth-order valence-electron chi connectivity index (χ4n) is 12.4. The average Bonchev–Trinajstić information content (AvgIpc) is 4.15. The largest absolute Gasteiger partial charge is 0.489 e. The van der Waals surface area contributed by atoms with Gasteiger partial charge in [0.1, 0.15) is 29.9 Å². The van der Waals surface area contributed by atoms with Gasteiger partial charge in [0, 0.05) is 67.7 Å². The lowest BCUT2D eigenvalue weighted by molar-refractivity contribution is -0.384. The Labute approximate surface area is 424 Å². The number of benzene rings is 3. The molecule has 4 aliphatic heterocycles. The molecule has 388 valence electrons. The van der Waals surface area contributed by atoms with Crippen molar-refractivity contribution in [2.45, 2.75) is 132 Å². The average molecular weight is 1020 g/mol. The van der Waals surface area contributed by atoms with Crippen LogP contribution in [0.4, 0.5) is 21.5 Å². The van der Waals surface area contributed by atoms with E-state index in [2.05, 4.69) is 67.9 Å². The molecule has 0 bridgehead atoms. The number of halogens is 1. The molecule has 6 aliphatic rings. The van der Waals surface area contributed by atoms with Gasteiger partial charge in [-0.25, -0.2) is 17.5 Å². The van der Waals surface area contributed by atoms with Gasteiger partial charge in [-0.15, -0.1) is 0 Å². The van der Waals surface area contributed by atoms with E-state index in [0.29, 0.717) is 63.3 Å². The molecule has 73 heavy (non-hydrogen) atoms. The second-order valence-electron chi connectivity index (χ2n) is 21.8. The number of likely N-dealkylation sites (tertiary alicyclic amines) is 1. The van der Waals surface area contributed by atoms with Gasteiger partial charge in [0.05, 0.1) is 45.6 Å². The van der Waals surface area contributed by atoms with Gasteiger partial charge in [-0.05, 0) is 118 Å². The van der Waals surface area contributed by atoms with Crippen LogP contribution in [0.25, 0.3) is 11.0 Å². The number of carbonyl (C=O) groups is 1. The van der Waals surface area contributed by atoms with Crippen molar-refractivity contribution >= 4 is 44.0 Å². The number of hydrogen-bond donors (Lipinski definition) is 4. The van der Waals surface area contributed by atoms with Crippen LogP contribution >= 0.6 is 0 Å². The number of anilines is 2.